The Morgan fingerprint density at radius 2 is 1.79 bits per heavy atom. The number of carbonyl (C=O) groups excluding carboxylic acids is 1. The molecule has 2 heterocycles. The van der Waals surface area contributed by atoms with Crippen LogP contribution in [0.3, 0.4) is 0 Å². The molecule has 1 aliphatic rings. The van der Waals surface area contributed by atoms with Crippen molar-refractivity contribution in [2.45, 2.75) is 32.0 Å². The van der Waals surface area contributed by atoms with E-state index in [1.165, 1.54) is 7.11 Å². The van der Waals surface area contributed by atoms with Crippen molar-refractivity contribution < 1.29 is 28.9 Å². The summed E-state index contributed by atoms with van der Waals surface area (Å²) in [6.07, 6.45) is 2.74. The van der Waals surface area contributed by atoms with E-state index < -0.39 is 18.2 Å². The van der Waals surface area contributed by atoms with E-state index in [2.05, 4.69) is 5.10 Å². The van der Waals surface area contributed by atoms with Crippen LogP contribution in [0.5, 0.6) is 17.2 Å². The maximum Gasteiger partial charge on any atom is 0.411 e. The number of hydrogen-bond acceptors (Lipinski definition) is 6. The van der Waals surface area contributed by atoms with Crippen LogP contribution < -0.4 is 9.47 Å². The Morgan fingerprint density at radius 1 is 1.03 bits per heavy atom. The Hall–Kier alpha value is -4.79. The highest BCUT2D eigenvalue weighted by molar-refractivity contribution is 5.72. The number of carboxylic acids is 1. The highest BCUT2D eigenvalue weighted by Crippen LogP contribution is 2.39. The van der Waals surface area contributed by atoms with Gasteiger partial charge < -0.3 is 19.3 Å². The van der Waals surface area contributed by atoms with Gasteiger partial charge in [0.2, 0.25) is 0 Å². The quantitative estimate of drug-likeness (QED) is 0.302. The molecule has 0 radical (unpaired) electrons. The van der Waals surface area contributed by atoms with Gasteiger partial charge >= 0.3 is 12.1 Å². The van der Waals surface area contributed by atoms with Crippen LogP contribution in [0.4, 0.5) is 4.79 Å². The second-order valence-corrected chi connectivity index (χ2v) is 9.47. The molecule has 2 atom stereocenters. The molecule has 1 saturated heterocycles. The molecule has 1 fully saturated rings. The molecule has 200 valence electrons. The van der Waals surface area contributed by atoms with Gasteiger partial charge in [0.1, 0.15) is 11.9 Å². The van der Waals surface area contributed by atoms with E-state index in [0.29, 0.717) is 22.8 Å². The maximum absolute atomic E-state index is 13.0. The molecule has 1 aliphatic heterocycles. The van der Waals surface area contributed by atoms with E-state index >= 15 is 0 Å². The minimum atomic E-state index is -0.942. The first-order chi connectivity index (χ1) is 18.8. The molecule has 4 aromatic rings. The molecule has 0 saturated carbocycles. The Morgan fingerprint density at radius 3 is 2.49 bits per heavy atom. The lowest BCUT2D eigenvalue weighted by atomic mass is 10.0. The van der Waals surface area contributed by atoms with Crippen molar-refractivity contribution in [3.05, 3.63) is 95.8 Å². The first-order valence-corrected chi connectivity index (χ1v) is 12.5. The second kappa shape index (κ2) is 10.9. The number of cyclic esters (lactones) is 1. The fourth-order valence-corrected chi connectivity index (χ4v) is 4.74. The lowest BCUT2D eigenvalue weighted by Crippen LogP contribution is -2.31. The molecule has 0 aliphatic carbocycles. The Labute approximate surface area is 226 Å². The van der Waals surface area contributed by atoms with E-state index in [1.54, 1.807) is 34.0 Å². The van der Waals surface area contributed by atoms with Crippen LogP contribution in [-0.2, 0) is 29.5 Å². The van der Waals surface area contributed by atoms with Crippen LogP contribution in [0.1, 0.15) is 29.7 Å². The highest BCUT2D eigenvalue weighted by atomic mass is 16.6. The Kier molecular flexibility index (Phi) is 7.23. The van der Waals surface area contributed by atoms with Gasteiger partial charge in [-0.2, -0.15) is 5.10 Å². The van der Waals surface area contributed by atoms with Crippen molar-refractivity contribution in [1.29, 1.82) is 0 Å². The molecule has 3 aromatic carbocycles. The molecule has 5 rings (SSSR count). The Balaban J connectivity index is 1.51. The Bertz CT molecular complexity index is 1500. The monoisotopic (exact) mass is 527 g/mol. The zero-order valence-electron chi connectivity index (χ0n) is 21.9. The van der Waals surface area contributed by atoms with Gasteiger partial charge in [0.25, 0.3) is 0 Å². The van der Waals surface area contributed by atoms with E-state index in [0.717, 1.165) is 22.3 Å². The molecule has 9 heteroatoms. The number of carbonyl (C=O) groups is 2. The summed E-state index contributed by atoms with van der Waals surface area (Å²) >= 11 is 0. The van der Waals surface area contributed by atoms with Gasteiger partial charge in [-0.3, -0.25) is 14.4 Å². The molecular formula is C30H29N3O6. The van der Waals surface area contributed by atoms with Crippen molar-refractivity contribution in [1.82, 2.24) is 14.7 Å². The van der Waals surface area contributed by atoms with Gasteiger partial charge in [-0.15, -0.1) is 0 Å². The van der Waals surface area contributed by atoms with Gasteiger partial charge in [-0.25, -0.2) is 4.79 Å². The summed E-state index contributed by atoms with van der Waals surface area (Å²) in [6, 6.07) is 20.2. The van der Waals surface area contributed by atoms with Gasteiger partial charge in [0.15, 0.2) is 11.5 Å². The maximum atomic E-state index is 13.0. The van der Waals surface area contributed by atoms with Crippen molar-refractivity contribution in [2.75, 3.05) is 7.11 Å². The fraction of sp³-hybridized carbons (Fsp3) is 0.233. The number of carboxylic acid groups (broad SMARTS) is 1. The number of aliphatic carboxylic acids is 1. The number of ether oxygens (including phenoxy) is 3. The van der Waals surface area contributed by atoms with Gasteiger partial charge in [0, 0.05) is 24.4 Å². The summed E-state index contributed by atoms with van der Waals surface area (Å²) in [4.78, 5) is 26.0. The SMILES string of the molecule is COc1ccc(CC(=O)O)cc1Oc1ccc(-c2cnn(C)c2)cc1CN1C(=O)O[C@@H](c2ccccc2)[C@H]1C. The van der Waals surface area contributed by atoms with E-state index in [4.69, 9.17) is 14.2 Å². The van der Waals surface area contributed by atoms with Crippen LogP contribution in [0.15, 0.2) is 79.1 Å². The number of aryl methyl sites for hydroxylation is 1. The normalized spacial score (nSPS) is 16.7. The second-order valence-electron chi connectivity index (χ2n) is 9.47. The topological polar surface area (TPSA) is 103 Å². The third-order valence-electron chi connectivity index (χ3n) is 6.76. The zero-order valence-corrected chi connectivity index (χ0v) is 21.9. The summed E-state index contributed by atoms with van der Waals surface area (Å²) in [5.41, 5.74) is 4.10. The molecule has 0 spiro atoms. The number of aromatic nitrogens is 2. The number of methoxy groups -OCH3 is 1. The molecule has 1 aromatic heterocycles. The number of amides is 1. The molecule has 1 amide bonds. The minimum absolute atomic E-state index is 0.148. The van der Waals surface area contributed by atoms with Crippen molar-refractivity contribution in [3.63, 3.8) is 0 Å². The molecular weight excluding hydrogens is 498 g/mol. The van der Waals surface area contributed by atoms with Crippen LogP contribution >= 0.6 is 0 Å². The van der Waals surface area contributed by atoms with Crippen molar-refractivity contribution >= 4 is 12.1 Å². The van der Waals surface area contributed by atoms with Crippen molar-refractivity contribution in [2.24, 2.45) is 7.05 Å². The summed E-state index contributed by atoms with van der Waals surface area (Å²) in [6.45, 7) is 2.20. The summed E-state index contributed by atoms with van der Waals surface area (Å²) in [7, 11) is 3.38. The van der Waals surface area contributed by atoms with Gasteiger partial charge in [0.05, 0.1) is 32.3 Å². The minimum Gasteiger partial charge on any atom is -0.493 e. The number of benzene rings is 3. The largest absolute Gasteiger partial charge is 0.493 e. The smallest absolute Gasteiger partial charge is 0.411 e. The highest BCUT2D eigenvalue weighted by Gasteiger charge is 2.40. The van der Waals surface area contributed by atoms with E-state index in [-0.39, 0.29) is 19.0 Å². The van der Waals surface area contributed by atoms with Crippen LogP contribution in [0, 0.1) is 0 Å². The van der Waals surface area contributed by atoms with Crippen LogP contribution in [0.25, 0.3) is 11.1 Å². The summed E-state index contributed by atoms with van der Waals surface area (Å²) in [5, 5.41) is 13.5. The van der Waals surface area contributed by atoms with E-state index in [1.807, 2.05) is 68.7 Å². The van der Waals surface area contributed by atoms with Crippen molar-refractivity contribution in [3.8, 4) is 28.4 Å². The van der Waals surface area contributed by atoms with Crippen LogP contribution in [-0.4, -0.2) is 45.0 Å². The number of hydrogen-bond donors (Lipinski definition) is 1. The summed E-state index contributed by atoms with van der Waals surface area (Å²) in [5.74, 6) is 0.411. The first-order valence-electron chi connectivity index (χ1n) is 12.5. The molecule has 1 N–H and O–H groups in total. The fourth-order valence-electron chi connectivity index (χ4n) is 4.74. The zero-order chi connectivity index (χ0) is 27.5. The number of nitrogens with zero attached hydrogens (tertiary/aromatic N) is 3. The average Bonchev–Trinajstić information content (AvgIpc) is 3.48. The van der Waals surface area contributed by atoms with Gasteiger partial charge in [-0.05, 0) is 47.9 Å². The lowest BCUT2D eigenvalue weighted by molar-refractivity contribution is -0.136. The standard InChI is InChI=1S/C30H29N3O6/c1-19-29(21-7-5-4-6-8-21)39-30(36)33(19)18-23-15-22(24-16-31-32(2)17-24)10-12-25(23)38-27-13-20(14-28(34)35)9-11-26(27)37-3/h4-13,15-17,19,29H,14,18H2,1-3H3,(H,34,35)/t19-,29-/m1/s1. The van der Waals surface area contributed by atoms with E-state index in [9.17, 15) is 14.7 Å². The molecule has 39 heavy (non-hydrogen) atoms. The first kappa shape index (κ1) is 25.8. The molecule has 9 nitrogen and oxygen atoms in total. The number of rotatable bonds is 9. The molecule has 0 unspecified atom stereocenters. The predicted octanol–water partition coefficient (Wildman–Crippen LogP) is 5.60. The predicted molar refractivity (Wildman–Crippen MR) is 144 cm³/mol. The lowest BCUT2D eigenvalue weighted by Gasteiger charge is -2.23. The third kappa shape index (κ3) is 5.57. The average molecular weight is 528 g/mol. The summed E-state index contributed by atoms with van der Waals surface area (Å²) < 4.78 is 19.3. The van der Waals surface area contributed by atoms with Gasteiger partial charge in [-0.1, -0.05) is 42.5 Å². The third-order valence-corrected chi connectivity index (χ3v) is 6.76. The molecule has 0 bridgehead atoms. The van der Waals surface area contributed by atoms with Crippen LogP contribution in [0.2, 0.25) is 0 Å².